The molecule has 0 aromatic heterocycles. The highest BCUT2D eigenvalue weighted by atomic mass is 35.5. The maximum Gasteiger partial charge on any atom is 0.138 e. The molecule has 0 heterocycles. The topological polar surface area (TPSA) is 21.3 Å². The highest BCUT2D eigenvalue weighted by Crippen LogP contribution is 2.25. The summed E-state index contributed by atoms with van der Waals surface area (Å²) in [7, 11) is 1.96. The Hall–Kier alpha value is -0.730. The van der Waals surface area contributed by atoms with E-state index in [1.54, 1.807) is 0 Å². The van der Waals surface area contributed by atoms with Crippen molar-refractivity contribution in [3.8, 4) is 5.75 Å². The summed E-state index contributed by atoms with van der Waals surface area (Å²) >= 11 is 6.00. The molecule has 1 rings (SSSR count). The van der Waals surface area contributed by atoms with Crippen LogP contribution in [0.4, 0.5) is 0 Å². The van der Waals surface area contributed by atoms with E-state index in [1.165, 1.54) is 5.56 Å². The predicted molar refractivity (Wildman–Crippen MR) is 64.8 cm³/mol. The number of ether oxygens (including phenoxy) is 1. The minimum atomic E-state index is 0.689. The Kier molecular flexibility index (Phi) is 5.51. The molecular formula is C12H18ClNO. The number of hydrogen-bond donors (Lipinski definition) is 1. The Bertz CT molecular complexity index is 302. The third-order valence-corrected chi connectivity index (χ3v) is 2.48. The van der Waals surface area contributed by atoms with Crippen molar-refractivity contribution in [3.63, 3.8) is 0 Å². The number of halogens is 1. The van der Waals surface area contributed by atoms with Gasteiger partial charge in [-0.05, 0) is 51.1 Å². The molecule has 0 saturated carbocycles. The van der Waals surface area contributed by atoms with Crippen LogP contribution >= 0.6 is 11.6 Å². The lowest BCUT2D eigenvalue weighted by atomic mass is 10.2. The summed E-state index contributed by atoms with van der Waals surface area (Å²) in [6.07, 6.45) is 2.17. The fourth-order valence-electron chi connectivity index (χ4n) is 1.31. The second-order valence-electron chi connectivity index (χ2n) is 3.59. The number of benzene rings is 1. The van der Waals surface area contributed by atoms with Gasteiger partial charge >= 0.3 is 0 Å². The number of rotatable bonds is 6. The maximum atomic E-state index is 6.00. The van der Waals surface area contributed by atoms with Crippen molar-refractivity contribution in [1.82, 2.24) is 5.32 Å². The maximum absolute atomic E-state index is 6.00. The van der Waals surface area contributed by atoms with Gasteiger partial charge in [-0.15, -0.1) is 0 Å². The zero-order valence-corrected chi connectivity index (χ0v) is 10.1. The molecule has 0 atom stereocenters. The first-order valence-corrected chi connectivity index (χ1v) is 5.65. The van der Waals surface area contributed by atoms with Crippen LogP contribution in [0.2, 0.25) is 5.02 Å². The minimum Gasteiger partial charge on any atom is -0.492 e. The SMILES string of the molecule is CNCCCCOc1cc(C)ccc1Cl. The number of unbranched alkanes of at least 4 members (excludes halogenated alkanes) is 1. The van der Waals surface area contributed by atoms with Crippen LogP contribution in [0, 0.1) is 6.92 Å². The number of hydrogen-bond acceptors (Lipinski definition) is 2. The van der Waals surface area contributed by atoms with Gasteiger partial charge in [-0.1, -0.05) is 17.7 Å². The summed E-state index contributed by atoms with van der Waals surface area (Å²) in [6, 6.07) is 5.83. The molecule has 0 aliphatic carbocycles. The van der Waals surface area contributed by atoms with E-state index < -0.39 is 0 Å². The van der Waals surface area contributed by atoms with Crippen molar-refractivity contribution in [2.24, 2.45) is 0 Å². The summed E-state index contributed by atoms with van der Waals surface area (Å²) in [6.45, 7) is 3.79. The standard InChI is InChI=1S/C12H18ClNO/c1-10-5-6-11(13)12(9-10)15-8-4-3-7-14-2/h5-6,9,14H,3-4,7-8H2,1-2H3. The lowest BCUT2D eigenvalue weighted by Gasteiger charge is -2.08. The molecule has 15 heavy (non-hydrogen) atoms. The van der Waals surface area contributed by atoms with E-state index in [2.05, 4.69) is 5.32 Å². The molecule has 2 nitrogen and oxygen atoms in total. The van der Waals surface area contributed by atoms with Gasteiger partial charge in [0.25, 0.3) is 0 Å². The zero-order valence-electron chi connectivity index (χ0n) is 9.35. The third-order valence-electron chi connectivity index (χ3n) is 2.17. The molecule has 1 aromatic rings. The molecule has 0 aliphatic heterocycles. The van der Waals surface area contributed by atoms with Crippen molar-refractivity contribution in [2.75, 3.05) is 20.2 Å². The van der Waals surface area contributed by atoms with Gasteiger partial charge in [0.15, 0.2) is 0 Å². The molecule has 0 unspecified atom stereocenters. The predicted octanol–water partition coefficient (Wildman–Crippen LogP) is 3.03. The van der Waals surface area contributed by atoms with Gasteiger partial charge < -0.3 is 10.1 Å². The first kappa shape index (κ1) is 12.3. The second kappa shape index (κ2) is 6.70. The largest absolute Gasteiger partial charge is 0.492 e. The average molecular weight is 228 g/mol. The third kappa shape index (κ3) is 4.54. The van der Waals surface area contributed by atoms with Gasteiger partial charge in [0.05, 0.1) is 11.6 Å². The Morgan fingerprint density at radius 2 is 2.13 bits per heavy atom. The van der Waals surface area contributed by atoms with Crippen LogP contribution in [0.25, 0.3) is 0 Å². The summed E-state index contributed by atoms with van der Waals surface area (Å²) in [4.78, 5) is 0. The zero-order chi connectivity index (χ0) is 11.1. The Balaban J connectivity index is 2.33. The van der Waals surface area contributed by atoms with E-state index in [4.69, 9.17) is 16.3 Å². The molecule has 1 aromatic carbocycles. The van der Waals surface area contributed by atoms with Gasteiger partial charge in [-0.2, -0.15) is 0 Å². The molecule has 3 heteroatoms. The van der Waals surface area contributed by atoms with Crippen molar-refractivity contribution in [3.05, 3.63) is 28.8 Å². The first-order valence-electron chi connectivity index (χ1n) is 5.27. The fraction of sp³-hybridized carbons (Fsp3) is 0.500. The Labute approximate surface area is 96.6 Å². The van der Waals surface area contributed by atoms with Crippen molar-refractivity contribution < 1.29 is 4.74 Å². The van der Waals surface area contributed by atoms with Crippen molar-refractivity contribution in [1.29, 1.82) is 0 Å². The van der Waals surface area contributed by atoms with Gasteiger partial charge in [0.1, 0.15) is 5.75 Å². The quantitative estimate of drug-likeness (QED) is 0.755. The summed E-state index contributed by atoms with van der Waals surface area (Å²) in [5.74, 6) is 0.793. The molecule has 0 spiro atoms. The second-order valence-corrected chi connectivity index (χ2v) is 4.00. The molecule has 0 saturated heterocycles. The van der Waals surface area contributed by atoms with E-state index in [0.29, 0.717) is 5.02 Å². The molecule has 84 valence electrons. The summed E-state index contributed by atoms with van der Waals surface area (Å²) in [5, 5.41) is 3.79. The van der Waals surface area contributed by atoms with E-state index in [-0.39, 0.29) is 0 Å². The summed E-state index contributed by atoms with van der Waals surface area (Å²) < 4.78 is 5.60. The molecule has 0 bridgehead atoms. The molecular weight excluding hydrogens is 210 g/mol. The van der Waals surface area contributed by atoms with Gasteiger partial charge in [0, 0.05) is 0 Å². The summed E-state index contributed by atoms with van der Waals surface area (Å²) in [5.41, 5.74) is 1.17. The lowest BCUT2D eigenvalue weighted by Crippen LogP contribution is -2.09. The highest BCUT2D eigenvalue weighted by molar-refractivity contribution is 6.32. The van der Waals surface area contributed by atoms with E-state index in [1.807, 2.05) is 32.2 Å². The van der Waals surface area contributed by atoms with Crippen LogP contribution in [-0.2, 0) is 0 Å². The molecule has 0 amide bonds. The van der Waals surface area contributed by atoms with E-state index in [0.717, 1.165) is 31.7 Å². The molecule has 1 N–H and O–H groups in total. The van der Waals surface area contributed by atoms with Gasteiger partial charge in [0.2, 0.25) is 0 Å². The van der Waals surface area contributed by atoms with Crippen LogP contribution in [0.5, 0.6) is 5.75 Å². The van der Waals surface area contributed by atoms with Crippen LogP contribution in [0.3, 0.4) is 0 Å². The van der Waals surface area contributed by atoms with Gasteiger partial charge in [-0.3, -0.25) is 0 Å². The molecule has 0 fully saturated rings. The Morgan fingerprint density at radius 1 is 1.33 bits per heavy atom. The Morgan fingerprint density at radius 3 is 2.87 bits per heavy atom. The lowest BCUT2D eigenvalue weighted by molar-refractivity contribution is 0.306. The fourth-order valence-corrected chi connectivity index (χ4v) is 1.48. The van der Waals surface area contributed by atoms with Crippen LogP contribution in [-0.4, -0.2) is 20.2 Å². The van der Waals surface area contributed by atoms with E-state index in [9.17, 15) is 0 Å². The monoisotopic (exact) mass is 227 g/mol. The van der Waals surface area contributed by atoms with Gasteiger partial charge in [-0.25, -0.2) is 0 Å². The van der Waals surface area contributed by atoms with Crippen molar-refractivity contribution >= 4 is 11.6 Å². The normalized spacial score (nSPS) is 10.3. The minimum absolute atomic E-state index is 0.689. The van der Waals surface area contributed by atoms with E-state index >= 15 is 0 Å². The number of nitrogens with one attached hydrogen (secondary N) is 1. The molecule has 0 aliphatic rings. The van der Waals surface area contributed by atoms with Crippen molar-refractivity contribution in [2.45, 2.75) is 19.8 Å². The van der Waals surface area contributed by atoms with Crippen LogP contribution in [0.1, 0.15) is 18.4 Å². The highest BCUT2D eigenvalue weighted by Gasteiger charge is 2.00. The first-order chi connectivity index (χ1) is 7.24. The molecule has 0 radical (unpaired) electrons. The number of aryl methyl sites for hydroxylation is 1. The van der Waals surface area contributed by atoms with Crippen LogP contribution < -0.4 is 10.1 Å². The average Bonchev–Trinajstić information content (AvgIpc) is 2.23. The smallest absolute Gasteiger partial charge is 0.138 e. The van der Waals surface area contributed by atoms with Crippen LogP contribution in [0.15, 0.2) is 18.2 Å².